The lowest BCUT2D eigenvalue weighted by Gasteiger charge is -2.47. The molecule has 4 nitrogen and oxygen atoms in total. The molecule has 2 saturated heterocycles. The number of aromatic amines is 1. The predicted octanol–water partition coefficient (Wildman–Crippen LogP) is 8.07. The summed E-state index contributed by atoms with van der Waals surface area (Å²) in [5.74, 6) is 1.26. The van der Waals surface area contributed by atoms with Gasteiger partial charge in [0.2, 0.25) is 5.91 Å². The molecule has 3 heterocycles. The monoisotopic (exact) mass is 561 g/mol. The molecule has 220 valence electrons. The van der Waals surface area contributed by atoms with Crippen molar-refractivity contribution < 1.29 is 4.79 Å². The minimum absolute atomic E-state index is 0.289. The molecule has 3 fully saturated rings. The van der Waals surface area contributed by atoms with Gasteiger partial charge in [-0.3, -0.25) is 4.79 Å². The van der Waals surface area contributed by atoms with Gasteiger partial charge in [0, 0.05) is 30.0 Å². The molecule has 2 bridgehead atoms. The van der Waals surface area contributed by atoms with Gasteiger partial charge in [-0.15, -0.1) is 0 Å². The van der Waals surface area contributed by atoms with Crippen LogP contribution in [0.2, 0.25) is 0 Å². The molecule has 7 rings (SSSR count). The van der Waals surface area contributed by atoms with Crippen LogP contribution in [0.15, 0.2) is 66.7 Å². The molecular formula is C38H47N3O. The largest absolute Gasteiger partial charge is 0.354 e. The van der Waals surface area contributed by atoms with Crippen molar-refractivity contribution in [3.05, 3.63) is 94.5 Å². The molecule has 1 atom stereocenters. The van der Waals surface area contributed by atoms with Crippen LogP contribution in [0.4, 0.5) is 0 Å². The lowest BCUT2D eigenvalue weighted by atomic mass is 9.76. The Morgan fingerprint density at radius 1 is 0.976 bits per heavy atom. The zero-order valence-electron chi connectivity index (χ0n) is 26.1. The first kappa shape index (κ1) is 28.7. The van der Waals surface area contributed by atoms with Crippen molar-refractivity contribution in [1.29, 1.82) is 0 Å². The molecule has 4 heteroatoms. The normalized spacial score (nSPS) is 19.4. The fourth-order valence-corrected chi connectivity index (χ4v) is 7.56. The van der Waals surface area contributed by atoms with Gasteiger partial charge < -0.3 is 15.2 Å². The lowest BCUT2D eigenvalue weighted by Crippen LogP contribution is -2.55. The lowest BCUT2D eigenvalue weighted by molar-refractivity contribution is -0.144. The van der Waals surface area contributed by atoms with Gasteiger partial charge in [-0.1, -0.05) is 60.5 Å². The van der Waals surface area contributed by atoms with Gasteiger partial charge in [-0.25, -0.2) is 0 Å². The van der Waals surface area contributed by atoms with Crippen molar-refractivity contribution in [1.82, 2.24) is 15.2 Å². The summed E-state index contributed by atoms with van der Waals surface area (Å²) in [5, 5.41) is 4.97. The van der Waals surface area contributed by atoms with Crippen molar-refractivity contribution in [3.63, 3.8) is 0 Å². The maximum atomic E-state index is 14.1. The predicted molar refractivity (Wildman–Crippen MR) is 175 cm³/mol. The van der Waals surface area contributed by atoms with Crippen molar-refractivity contribution in [2.45, 2.75) is 84.1 Å². The highest BCUT2D eigenvalue weighted by Crippen LogP contribution is 2.41. The van der Waals surface area contributed by atoms with Crippen LogP contribution in [0.25, 0.3) is 22.2 Å². The number of aryl methyl sites for hydroxylation is 2. The third kappa shape index (κ3) is 5.66. The minimum Gasteiger partial charge on any atom is -0.354 e. The van der Waals surface area contributed by atoms with Crippen LogP contribution in [0.5, 0.6) is 0 Å². The maximum Gasteiger partial charge on any atom is 0.232 e. The van der Waals surface area contributed by atoms with E-state index in [1.54, 1.807) is 0 Å². The average molecular weight is 562 g/mol. The molecule has 2 N–H and O–H groups in total. The van der Waals surface area contributed by atoms with E-state index in [1.165, 1.54) is 64.6 Å². The highest BCUT2D eigenvalue weighted by Gasteiger charge is 2.42. The molecule has 0 unspecified atom stereocenters. The SMILES string of the molecule is Cc1cc(C)cc(-c2[nH]c3ccc(C(C)(C)C(=O)N4CC5CCC4CC5)cc3c2[C@H](C)CNCCc2ccccc2)c1. The first-order chi connectivity index (χ1) is 20.2. The fraction of sp³-hybridized carbons (Fsp3) is 0.447. The third-order valence-electron chi connectivity index (χ3n) is 9.95. The number of hydrogen-bond acceptors (Lipinski definition) is 2. The van der Waals surface area contributed by atoms with Crippen molar-refractivity contribution in [2.24, 2.45) is 5.92 Å². The quantitative estimate of drug-likeness (QED) is 0.203. The number of amides is 1. The number of fused-ring (bicyclic) bond motifs is 4. The minimum atomic E-state index is -0.572. The maximum absolute atomic E-state index is 14.1. The fourth-order valence-electron chi connectivity index (χ4n) is 7.56. The number of nitrogens with one attached hydrogen (secondary N) is 2. The Morgan fingerprint density at radius 3 is 2.36 bits per heavy atom. The van der Waals surface area contributed by atoms with Crippen LogP contribution >= 0.6 is 0 Å². The Hall–Kier alpha value is -3.37. The van der Waals surface area contributed by atoms with Crippen LogP contribution in [0.3, 0.4) is 0 Å². The molecule has 3 aromatic carbocycles. The van der Waals surface area contributed by atoms with Crippen molar-refractivity contribution in [3.8, 4) is 11.3 Å². The highest BCUT2D eigenvalue weighted by molar-refractivity contribution is 5.94. The summed E-state index contributed by atoms with van der Waals surface area (Å²) in [6.45, 7) is 13.7. The smallest absolute Gasteiger partial charge is 0.232 e. The third-order valence-corrected chi connectivity index (χ3v) is 9.95. The Balaban J connectivity index is 1.33. The van der Waals surface area contributed by atoms with E-state index in [0.717, 1.165) is 37.1 Å². The Labute approximate surface area is 251 Å². The molecule has 0 spiro atoms. The van der Waals surface area contributed by atoms with Crippen LogP contribution in [0.1, 0.15) is 80.2 Å². The van der Waals surface area contributed by atoms with Gasteiger partial charge in [0.05, 0.1) is 11.1 Å². The number of piperidine rings is 2. The first-order valence-electron chi connectivity index (χ1n) is 16.0. The Bertz CT molecular complexity index is 1540. The Morgan fingerprint density at radius 2 is 1.69 bits per heavy atom. The van der Waals surface area contributed by atoms with E-state index in [1.807, 2.05) is 0 Å². The second kappa shape index (κ2) is 11.7. The topological polar surface area (TPSA) is 48.1 Å². The van der Waals surface area contributed by atoms with Gasteiger partial charge in [-0.05, 0) is 125 Å². The van der Waals surface area contributed by atoms with Crippen LogP contribution in [-0.2, 0) is 16.6 Å². The standard InChI is InChI=1S/C38H47N3O/c1-25-19-26(2)21-30(20-25)36-35(27(3)23-39-18-17-28-9-7-6-8-10-28)33-22-31(13-16-34(33)40-36)38(4,5)37(42)41-24-29-11-14-32(41)15-12-29/h6-10,13,16,19-22,27,29,32,39-40H,11-12,14-15,17-18,23-24H2,1-5H3/t27-,29?,32?/m1/s1. The zero-order chi connectivity index (χ0) is 29.4. The van der Waals surface area contributed by atoms with Crippen LogP contribution in [-0.4, -0.2) is 41.5 Å². The van der Waals surface area contributed by atoms with Gasteiger partial charge in [0.1, 0.15) is 0 Å². The molecule has 1 amide bonds. The number of rotatable bonds is 9. The summed E-state index contributed by atoms with van der Waals surface area (Å²) < 4.78 is 0. The number of nitrogens with zero attached hydrogens (tertiary/aromatic N) is 1. The van der Waals surface area contributed by atoms with Crippen molar-refractivity contribution >= 4 is 16.8 Å². The summed E-state index contributed by atoms with van der Waals surface area (Å²) in [4.78, 5) is 20.1. The molecule has 4 aromatic rings. The van der Waals surface area contributed by atoms with E-state index in [4.69, 9.17) is 0 Å². The van der Waals surface area contributed by atoms with Gasteiger partial charge in [0.25, 0.3) is 0 Å². The molecule has 42 heavy (non-hydrogen) atoms. The molecule has 1 saturated carbocycles. The summed E-state index contributed by atoms with van der Waals surface area (Å²) in [6.07, 6.45) is 5.92. The number of benzene rings is 3. The van der Waals surface area contributed by atoms with E-state index < -0.39 is 5.41 Å². The van der Waals surface area contributed by atoms with Crippen LogP contribution < -0.4 is 5.32 Å². The van der Waals surface area contributed by atoms with E-state index in [-0.39, 0.29) is 5.92 Å². The molecule has 0 radical (unpaired) electrons. The van der Waals surface area contributed by atoms with E-state index in [2.05, 4.69) is 117 Å². The van der Waals surface area contributed by atoms with E-state index in [0.29, 0.717) is 17.9 Å². The number of H-pyrrole nitrogens is 1. The second-order valence-corrected chi connectivity index (χ2v) is 13.6. The highest BCUT2D eigenvalue weighted by atomic mass is 16.2. The Kier molecular flexibility index (Phi) is 8.02. The zero-order valence-corrected chi connectivity index (χ0v) is 26.1. The van der Waals surface area contributed by atoms with Gasteiger partial charge in [0.15, 0.2) is 0 Å². The molecule has 1 aromatic heterocycles. The number of aromatic nitrogens is 1. The van der Waals surface area contributed by atoms with E-state index in [9.17, 15) is 4.79 Å². The van der Waals surface area contributed by atoms with E-state index >= 15 is 0 Å². The summed E-state index contributed by atoms with van der Waals surface area (Å²) >= 11 is 0. The second-order valence-electron chi connectivity index (χ2n) is 13.6. The van der Waals surface area contributed by atoms with Crippen LogP contribution in [0, 0.1) is 19.8 Å². The summed E-state index contributed by atoms with van der Waals surface area (Å²) in [5.41, 5.74) is 9.34. The average Bonchev–Trinajstić information content (AvgIpc) is 3.38. The summed E-state index contributed by atoms with van der Waals surface area (Å²) in [6, 6.07) is 24.6. The molecule has 1 aliphatic carbocycles. The number of carbonyl (C=O) groups is 1. The first-order valence-corrected chi connectivity index (χ1v) is 16.0. The number of hydrogen-bond donors (Lipinski definition) is 2. The molecule has 2 aliphatic heterocycles. The molecule has 3 aliphatic rings. The summed E-state index contributed by atoms with van der Waals surface area (Å²) in [7, 11) is 0. The van der Waals surface area contributed by atoms with Gasteiger partial charge in [-0.2, -0.15) is 0 Å². The van der Waals surface area contributed by atoms with Gasteiger partial charge >= 0.3 is 0 Å². The molecular weight excluding hydrogens is 514 g/mol. The number of carbonyl (C=O) groups excluding carboxylic acids is 1. The van der Waals surface area contributed by atoms with Crippen molar-refractivity contribution in [2.75, 3.05) is 19.6 Å².